The molecule has 2 heterocycles. The summed E-state index contributed by atoms with van der Waals surface area (Å²) in [7, 11) is 0. The molecular formula is C21H24ClNO3. The number of esters is 1. The molecule has 5 fully saturated rings. The van der Waals surface area contributed by atoms with Crippen LogP contribution in [0.25, 0.3) is 0 Å². The first kappa shape index (κ1) is 16.6. The summed E-state index contributed by atoms with van der Waals surface area (Å²) >= 11 is 5.98. The van der Waals surface area contributed by atoms with Crippen molar-refractivity contribution in [3.63, 3.8) is 0 Å². The van der Waals surface area contributed by atoms with Crippen molar-refractivity contribution in [2.75, 3.05) is 0 Å². The Hall–Kier alpha value is -1.55. The third kappa shape index (κ3) is 1.56. The van der Waals surface area contributed by atoms with Crippen molar-refractivity contribution in [1.29, 1.82) is 0 Å². The highest BCUT2D eigenvalue weighted by atomic mass is 35.5. The molecule has 5 aliphatic rings. The van der Waals surface area contributed by atoms with E-state index in [0.29, 0.717) is 12.3 Å². The van der Waals surface area contributed by atoms with Crippen molar-refractivity contribution >= 4 is 23.5 Å². The van der Waals surface area contributed by atoms with E-state index in [1.807, 2.05) is 31.2 Å². The molecule has 2 unspecified atom stereocenters. The molecule has 138 valence electrons. The molecule has 1 aromatic carbocycles. The lowest BCUT2D eigenvalue weighted by Gasteiger charge is -2.83. The number of hydrogen-bond donors (Lipinski definition) is 1. The summed E-state index contributed by atoms with van der Waals surface area (Å²) in [5.74, 6) is 0.00190. The number of carbonyl (C=O) groups is 2. The minimum atomic E-state index is -0.975. The zero-order chi connectivity index (χ0) is 18.5. The van der Waals surface area contributed by atoms with Crippen LogP contribution in [0.4, 0.5) is 0 Å². The normalized spacial score (nSPS) is 47.8. The van der Waals surface area contributed by atoms with Gasteiger partial charge in [-0.05, 0) is 49.3 Å². The van der Waals surface area contributed by atoms with Gasteiger partial charge in [0.05, 0.1) is 5.41 Å². The Morgan fingerprint density at radius 2 is 1.81 bits per heavy atom. The average Bonchev–Trinajstić information content (AvgIpc) is 2.57. The van der Waals surface area contributed by atoms with Gasteiger partial charge in [0.15, 0.2) is 5.60 Å². The van der Waals surface area contributed by atoms with Gasteiger partial charge in [-0.25, -0.2) is 0 Å². The predicted molar refractivity (Wildman–Crippen MR) is 97.7 cm³/mol. The number of carbonyl (C=O) groups excluding carboxylic acids is 2. The van der Waals surface area contributed by atoms with E-state index in [2.05, 4.69) is 19.2 Å². The molecule has 2 aliphatic heterocycles. The van der Waals surface area contributed by atoms with E-state index in [4.69, 9.17) is 16.3 Å². The summed E-state index contributed by atoms with van der Waals surface area (Å²) in [6.07, 6.45) is 3.39. The summed E-state index contributed by atoms with van der Waals surface area (Å²) in [4.78, 5) is 25.7. The van der Waals surface area contributed by atoms with E-state index in [1.165, 1.54) is 5.56 Å². The minimum absolute atomic E-state index is 0.0978. The Morgan fingerprint density at radius 1 is 1.12 bits per heavy atom. The first-order chi connectivity index (χ1) is 12.2. The second kappa shape index (κ2) is 4.64. The zero-order valence-corrected chi connectivity index (χ0v) is 16.2. The van der Waals surface area contributed by atoms with Crippen LogP contribution in [-0.4, -0.2) is 23.5 Å². The summed E-state index contributed by atoms with van der Waals surface area (Å²) in [6.45, 7) is 6.24. The molecule has 1 N–H and O–H groups in total. The molecule has 4 bridgehead atoms. The number of hydrogen-bond acceptors (Lipinski definition) is 3. The van der Waals surface area contributed by atoms with Gasteiger partial charge in [-0.15, -0.1) is 0 Å². The molecule has 6 atom stereocenters. The summed E-state index contributed by atoms with van der Waals surface area (Å²) < 4.78 is 5.79. The third-order valence-electron chi connectivity index (χ3n) is 8.61. The smallest absolute Gasteiger partial charge is 0.313 e. The van der Waals surface area contributed by atoms with Gasteiger partial charge in [0.2, 0.25) is 0 Å². The number of nitrogens with one attached hydrogen (secondary N) is 1. The van der Waals surface area contributed by atoms with Crippen LogP contribution in [0.15, 0.2) is 24.3 Å². The molecule has 2 saturated heterocycles. The molecule has 26 heavy (non-hydrogen) atoms. The summed E-state index contributed by atoms with van der Waals surface area (Å²) in [5, 5.41) is 3.93. The first-order valence-corrected chi connectivity index (χ1v) is 9.85. The summed E-state index contributed by atoms with van der Waals surface area (Å²) in [6, 6.07) is 7.94. The molecule has 0 radical (unpaired) electrons. The number of halogens is 1. The molecule has 1 aromatic rings. The molecule has 5 heteroatoms. The molecular weight excluding hydrogens is 350 g/mol. The van der Waals surface area contributed by atoms with E-state index in [-0.39, 0.29) is 28.7 Å². The lowest BCUT2D eigenvalue weighted by atomic mass is 9.22. The summed E-state index contributed by atoms with van der Waals surface area (Å²) in [5.41, 5.74) is -0.568. The Kier molecular flexibility index (Phi) is 2.97. The fraction of sp³-hybridized carbons (Fsp3) is 0.619. The zero-order valence-electron chi connectivity index (χ0n) is 15.4. The van der Waals surface area contributed by atoms with E-state index < -0.39 is 11.0 Å². The van der Waals surface area contributed by atoms with Crippen molar-refractivity contribution in [3.8, 4) is 0 Å². The number of rotatable bonds is 3. The SMILES string of the molecule is CC12C[C@]3(C(=O)N[C@H]4CC[C@H]4c4ccc(Cl)cc4)OC(=O)[C@]1(C)CC23C. The standard InChI is InChI=1S/C21H24ClNO3/c1-18-10-20(3)19(18,2)11-21(20,26-17(18)25)16(24)23-15-9-8-14(15)12-4-6-13(22)7-5-12/h4-7,14-15H,8-11H2,1-3H3,(H,23,24)/t14-,15-,18-,19?,20?,21+/m0/s1. The third-order valence-corrected chi connectivity index (χ3v) is 8.86. The van der Waals surface area contributed by atoms with Crippen LogP contribution in [-0.2, 0) is 14.3 Å². The molecule has 0 spiro atoms. The maximum Gasteiger partial charge on any atom is 0.313 e. The molecule has 4 nitrogen and oxygen atoms in total. The van der Waals surface area contributed by atoms with Gasteiger partial charge in [-0.1, -0.05) is 37.6 Å². The van der Waals surface area contributed by atoms with Crippen LogP contribution in [0.3, 0.4) is 0 Å². The molecule has 1 amide bonds. The second-order valence-corrected chi connectivity index (χ2v) is 9.82. The van der Waals surface area contributed by atoms with Crippen LogP contribution < -0.4 is 5.32 Å². The van der Waals surface area contributed by atoms with Crippen molar-refractivity contribution in [1.82, 2.24) is 5.32 Å². The van der Waals surface area contributed by atoms with Crippen molar-refractivity contribution in [3.05, 3.63) is 34.9 Å². The van der Waals surface area contributed by atoms with E-state index in [9.17, 15) is 9.59 Å². The number of benzene rings is 1. The maximum atomic E-state index is 13.2. The van der Waals surface area contributed by atoms with Crippen LogP contribution in [0.2, 0.25) is 5.02 Å². The van der Waals surface area contributed by atoms with Crippen LogP contribution in [0.1, 0.15) is 57.9 Å². The first-order valence-electron chi connectivity index (χ1n) is 9.47. The number of fused-ring (bicyclic) bond motifs is 1. The topological polar surface area (TPSA) is 55.4 Å². The Labute approximate surface area is 158 Å². The monoisotopic (exact) mass is 373 g/mol. The van der Waals surface area contributed by atoms with E-state index in [0.717, 1.165) is 24.3 Å². The van der Waals surface area contributed by atoms with Crippen LogP contribution in [0, 0.1) is 16.2 Å². The maximum absolute atomic E-state index is 13.2. The van der Waals surface area contributed by atoms with Crippen LogP contribution >= 0.6 is 11.6 Å². The molecule has 6 rings (SSSR count). The fourth-order valence-corrected chi connectivity index (χ4v) is 6.45. The number of ether oxygens (including phenoxy) is 1. The molecule has 0 aromatic heterocycles. The minimum Gasteiger partial charge on any atom is -0.448 e. The van der Waals surface area contributed by atoms with Gasteiger partial charge >= 0.3 is 5.97 Å². The Balaban J connectivity index is 1.36. The van der Waals surface area contributed by atoms with Gasteiger partial charge in [0.1, 0.15) is 0 Å². The van der Waals surface area contributed by atoms with Gasteiger partial charge in [0, 0.05) is 28.8 Å². The number of amides is 1. The molecule has 3 aliphatic carbocycles. The van der Waals surface area contributed by atoms with Crippen LogP contribution in [0.5, 0.6) is 0 Å². The fourth-order valence-electron chi connectivity index (χ4n) is 6.33. The lowest BCUT2D eigenvalue weighted by molar-refractivity contribution is -0.397. The van der Waals surface area contributed by atoms with Gasteiger partial charge < -0.3 is 10.1 Å². The van der Waals surface area contributed by atoms with E-state index in [1.54, 1.807) is 0 Å². The quantitative estimate of drug-likeness (QED) is 0.819. The largest absolute Gasteiger partial charge is 0.448 e. The van der Waals surface area contributed by atoms with Crippen molar-refractivity contribution < 1.29 is 14.3 Å². The van der Waals surface area contributed by atoms with Gasteiger partial charge in [-0.2, -0.15) is 0 Å². The van der Waals surface area contributed by atoms with Crippen molar-refractivity contribution in [2.45, 2.75) is 64.0 Å². The Morgan fingerprint density at radius 3 is 2.35 bits per heavy atom. The predicted octanol–water partition coefficient (Wildman–Crippen LogP) is 3.82. The molecule has 3 saturated carbocycles. The Bertz CT molecular complexity index is 838. The highest BCUT2D eigenvalue weighted by Gasteiger charge is 2.92. The van der Waals surface area contributed by atoms with E-state index >= 15 is 0 Å². The van der Waals surface area contributed by atoms with Crippen molar-refractivity contribution in [2.24, 2.45) is 16.2 Å². The highest BCUT2D eigenvalue weighted by Crippen LogP contribution is 2.86. The average molecular weight is 374 g/mol. The van der Waals surface area contributed by atoms with Gasteiger partial charge in [0.25, 0.3) is 5.91 Å². The highest BCUT2D eigenvalue weighted by molar-refractivity contribution is 6.30. The lowest BCUT2D eigenvalue weighted by Crippen LogP contribution is -2.91. The van der Waals surface area contributed by atoms with Gasteiger partial charge in [-0.3, -0.25) is 9.59 Å². The second-order valence-electron chi connectivity index (χ2n) is 9.38.